The molecule has 128 valence electrons. The van der Waals surface area contributed by atoms with Gasteiger partial charge in [0.25, 0.3) is 0 Å². The van der Waals surface area contributed by atoms with E-state index in [0.717, 1.165) is 25.8 Å². The van der Waals surface area contributed by atoms with Crippen LogP contribution in [0.1, 0.15) is 32.1 Å². The van der Waals surface area contributed by atoms with Gasteiger partial charge in [-0.05, 0) is 48.5 Å². The smallest absolute Gasteiger partial charge is 0.323 e. The molecular weight excluding hydrogens is 310 g/mol. The maximum Gasteiger partial charge on any atom is 0.323 e. The predicted octanol–water partition coefficient (Wildman–Crippen LogP) is 3.50. The first-order valence-electron chi connectivity index (χ1n) is 8.10. The van der Waals surface area contributed by atoms with Crippen LogP contribution in [0.3, 0.4) is 0 Å². The normalized spacial score (nSPS) is 14.5. The van der Waals surface area contributed by atoms with Gasteiger partial charge in [0, 0.05) is 20.6 Å². The molecule has 0 radical (unpaired) electrons. The van der Waals surface area contributed by atoms with Crippen LogP contribution < -0.4 is 10.2 Å². The van der Waals surface area contributed by atoms with Crippen molar-refractivity contribution in [3.8, 4) is 0 Å². The lowest BCUT2D eigenvalue weighted by Gasteiger charge is -2.16. The van der Waals surface area contributed by atoms with E-state index in [4.69, 9.17) is 4.63 Å². The van der Waals surface area contributed by atoms with E-state index in [-0.39, 0.29) is 11.2 Å². The van der Waals surface area contributed by atoms with Crippen molar-refractivity contribution in [2.24, 2.45) is 0 Å². The SMILES string of the molecule is CN(C)c1cc(NCCC2=CCCCC2)c2nonc2c1[N+](=O)[O-]. The molecule has 24 heavy (non-hydrogen) atoms. The summed E-state index contributed by atoms with van der Waals surface area (Å²) < 4.78 is 4.75. The molecule has 1 aromatic carbocycles. The van der Waals surface area contributed by atoms with Crippen molar-refractivity contribution in [3.05, 3.63) is 27.8 Å². The van der Waals surface area contributed by atoms with Crippen molar-refractivity contribution in [2.75, 3.05) is 30.9 Å². The summed E-state index contributed by atoms with van der Waals surface area (Å²) in [4.78, 5) is 12.7. The first-order valence-corrected chi connectivity index (χ1v) is 8.10. The zero-order valence-corrected chi connectivity index (χ0v) is 13.9. The summed E-state index contributed by atoms with van der Waals surface area (Å²) in [5.74, 6) is 0. The number of benzene rings is 1. The number of rotatable bonds is 6. The van der Waals surface area contributed by atoms with Crippen LogP contribution in [0.5, 0.6) is 0 Å². The first-order chi connectivity index (χ1) is 11.6. The Morgan fingerprint density at radius 1 is 1.33 bits per heavy atom. The molecule has 1 aromatic heterocycles. The van der Waals surface area contributed by atoms with Gasteiger partial charge in [-0.25, -0.2) is 4.63 Å². The number of fused-ring (bicyclic) bond motifs is 1. The van der Waals surface area contributed by atoms with Crippen LogP contribution in [0.4, 0.5) is 17.1 Å². The Morgan fingerprint density at radius 3 is 2.79 bits per heavy atom. The van der Waals surface area contributed by atoms with Crippen LogP contribution in [0.25, 0.3) is 11.0 Å². The lowest BCUT2D eigenvalue weighted by Crippen LogP contribution is -2.13. The van der Waals surface area contributed by atoms with E-state index >= 15 is 0 Å². The molecule has 0 atom stereocenters. The summed E-state index contributed by atoms with van der Waals surface area (Å²) in [6, 6.07) is 1.74. The van der Waals surface area contributed by atoms with E-state index in [1.807, 2.05) is 0 Å². The number of hydrogen-bond acceptors (Lipinski definition) is 7. The van der Waals surface area contributed by atoms with Crippen LogP contribution in [0.2, 0.25) is 0 Å². The molecule has 8 nitrogen and oxygen atoms in total. The fourth-order valence-electron chi connectivity index (χ4n) is 3.06. The second kappa shape index (κ2) is 6.86. The zero-order valence-electron chi connectivity index (χ0n) is 13.9. The van der Waals surface area contributed by atoms with Crippen molar-refractivity contribution >= 4 is 28.1 Å². The third-order valence-electron chi connectivity index (χ3n) is 4.30. The minimum atomic E-state index is -0.446. The molecule has 1 heterocycles. The largest absolute Gasteiger partial charge is 0.383 e. The molecule has 0 amide bonds. The monoisotopic (exact) mass is 331 g/mol. The fourth-order valence-corrected chi connectivity index (χ4v) is 3.06. The highest BCUT2D eigenvalue weighted by Gasteiger charge is 2.26. The average Bonchev–Trinajstić information content (AvgIpc) is 3.04. The molecule has 0 unspecified atom stereocenters. The summed E-state index contributed by atoms with van der Waals surface area (Å²) in [6.07, 6.45) is 8.13. The van der Waals surface area contributed by atoms with Gasteiger partial charge in [0.2, 0.25) is 5.52 Å². The van der Waals surface area contributed by atoms with Gasteiger partial charge in [-0.15, -0.1) is 0 Å². The number of nitrogens with zero attached hydrogens (tertiary/aromatic N) is 4. The predicted molar refractivity (Wildman–Crippen MR) is 92.4 cm³/mol. The summed E-state index contributed by atoms with van der Waals surface area (Å²) in [6.45, 7) is 0.748. The van der Waals surface area contributed by atoms with Crippen molar-refractivity contribution in [1.29, 1.82) is 0 Å². The highest BCUT2D eigenvalue weighted by molar-refractivity contribution is 5.99. The van der Waals surface area contributed by atoms with Crippen molar-refractivity contribution < 1.29 is 9.55 Å². The van der Waals surface area contributed by atoms with Gasteiger partial charge in [-0.2, -0.15) is 0 Å². The molecule has 0 saturated carbocycles. The first kappa shape index (κ1) is 16.2. The Hall–Kier alpha value is -2.64. The Morgan fingerprint density at radius 2 is 2.12 bits per heavy atom. The maximum atomic E-state index is 11.4. The molecule has 2 aromatic rings. The van der Waals surface area contributed by atoms with Gasteiger partial charge in [0.15, 0.2) is 5.52 Å². The molecule has 1 N–H and O–H groups in total. The average molecular weight is 331 g/mol. The van der Waals surface area contributed by atoms with E-state index in [9.17, 15) is 10.1 Å². The number of nitro benzene ring substituents is 1. The molecule has 0 bridgehead atoms. The second-order valence-electron chi connectivity index (χ2n) is 6.19. The number of hydrogen-bond donors (Lipinski definition) is 1. The highest BCUT2D eigenvalue weighted by atomic mass is 16.6. The number of nitro groups is 1. The van der Waals surface area contributed by atoms with Crippen LogP contribution in [-0.4, -0.2) is 35.9 Å². The quantitative estimate of drug-likeness (QED) is 0.491. The van der Waals surface area contributed by atoms with E-state index < -0.39 is 4.92 Å². The second-order valence-corrected chi connectivity index (χ2v) is 6.19. The van der Waals surface area contributed by atoms with Gasteiger partial charge >= 0.3 is 5.69 Å². The molecule has 0 spiro atoms. The zero-order chi connectivity index (χ0) is 17.1. The number of allylic oxidation sites excluding steroid dienone is 1. The molecular formula is C16H21N5O3. The Labute approximate surface area is 139 Å². The van der Waals surface area contributed by atoms with Gasteiger partial charge in [-0.1, -0.05) is 11.6 Å². The summed E-state index contributed by atoms with van der Waals surface area (Å²) in [5, 5.41) is 22.3. The standard InChI is InChI=1S/C16H21N5O3/c1-20(2)13-10-12(17-9-8-11-6-4-3-5-7-11)14-15(19-24-18-14)16(13)21(22)23/h6,10,17H,3-5,7-9H2,1-2H3. The Balaban J connectivity index is 1.87. The van der Waals surface area contributed by atoms with Gasteiger partial charge in [-0.3, -0.25) is 10.1 Å². The van der Waals surface area contributed by atoms with Crippen molar-refractivity contribution in [1.82, 2.24) is 10.3 Å². The number of aromatic nitrogens is 2. The summed E-state index contributed by atoms with van der Waals surface area (Å²) in [7, 11) is 3.52. The number of nitrogens with one attached hydrogen (secondary N) is 1. The lowest BCUT2D eigenvalue weighted by atomic mass is 9.97. The third kappa shape index (κ3) is 3.17. The van der Waals surface area contributed by atoms with Crippen LogP contribution in [0, 0.1) is 10.1 Å². The molecule has 0 saturated heterocycles. The van der Waals surface area contributed by atoms with Crippen LogP contribution in [-0.2, 0) is 0 Å². The molecule has 0 fully saturated rings. The van der Waals surface area contributed by atoms with Crippen molar-refractivity contribution in [2.45, 2.75) is 32.1 Å². The van der Waals surface area contributed by atoms with Gasteiger partial charge in [0.05, 0.1) is 10.6 Å². The van der Waals surface area contributed by atoms with E-state index in [2.05, 4.69) is 21.7 Å². The summed E-state index contributed by atoms with van der Waals surface area (Å²) >= 11 is 0. The van der Waals surface area contributed by atoms with Crippen molar-refractivity contribution in [3.63, 3.8) is 0 Å². The van der Waals surface area contributed by atoms with E-state index in [1.54, 1.807) is 25.1 Å². The van der Waals surface area contributed by atoms with Crippen LogP contribution >= 0.6 is 0 Å². The topological polar surface area (TPSA) is 97.3 Å². The summed E-state index contributed by atoms with van der Waals surface area (Å²) in [5.41, 5.74) is 3.13. The minimum Gasteiger partial charge on any atom is -0.383 e. The third-order valence-corrected chi connectivity index (χ3v) is 4.30. The minimum absolute atomic E-state index is 0.0863. The van der Waals surface area contributed by atoms with Crippen LogP contribution in [0.15, 0.2) is 22.3 Å². The van der Waals surface area contributed by atoms with Gasteiger partial charge in [0.1, 0.15) is 5.69 Å². The molecule has 3 rings (SSSR count). The Bertz CT molecular complexity index is 781. The lowest BCUT2D eigenvalue weighted by molar-refractivity contribution is -0.382. The van der Waals surface area contributed by atoms with E-state index in [1.165, 1.54) is 18.4 Å². The molecule has 1 aliphatic rings. The molecule has 0 aliphatic heterocycles. The van der Waals surface area contributed by atoms with E-state index in [0.29, 0.717) is 16.9 Å². The highest BCUT2D eigenvalue weighted by Crippen LogP contribution is 2.38. The molecule has 8 heteroatoms. The number of anilines is 2. The fraction of sp³-hybridized carbons (Fsp3) is 0.500. The maximum absolute atomic E-state index is 11.4. The van der Waals surface area contributed by atoms with Gasteiger partial charge < -0.3 is 10.2 Å². The molecule has 1 aliphatic carbocycles. The Kier molecular flexibility index (Phi) is 4.64.